The van der Waals surface area contributed by atoms with Crippen LogP contribution in [0.3, 0.4) is 0 Å². The summed E-state index contributed by atoms with van der Waals surface area (Å²) < 4.78 is 6.39. The number of alkyl halides is 2. The van der Waals surface area contributed by atoms with Gasteiger partial charge in [-0.2, -0.15) is 0 Å². The van der Waals surface area contributed by atoms with Crippen LogP contribution in [0.5, 0.6) is 0 Å². The van der Waals surface area contributed by atoms with Crippen molar-refractivity contribution in [2.45, 2.75) is 6.54 Å². The van der Waals surface area contributed by atoms with Crippen LogP contribution in [0.1, 0.15) is 15.9 Å². The third kappa shape index (κ3) is 6.72. The Bertz CT molecular complexity index is 1060. The normalized spacial score (nSPS) is 10.6. The van der Waals surface area contributed by atoms with Crippen LogP contribution in [0.4, 0.5) is 0 Å². The summed E-state index contributed by atoms with van der Waals surface area (Å²) in [5.74, 6) is -0.326. The standard InChI is InChI=1S/C26H24BNO2.CH2Cl2/c29-26(23-15-7-2-8-16-23)30-27(24-17-9-3-10-18-24,25-19-11-4-12-20-25)28-21-22-13-5-1-6-14-22;2-1-3/h1-20H,21,28H2;1H2. The Hall–Kier alpha value is -3.05. The molecule has 0 aliphatic heterocycles. The Balaban J connectivity index is 0.000000968. The number of quaternary nitrogens is 1. The molecule has 0 atom stereocenters. The van der Waals surface area contributed by atoms with Gasteiger partial charge in [-0.1, -0.05) is 120 Å². The minimum Gasteiger partial charge on any atom is -0.628 e. The zero-order chi connectivity index (χ0) is 23.4. The van der Waals surface area contributed by atoms with E-state index in [0.29, 0.717) is 12.1 Å². The lowest BCUT2D eigenvalue weighted by Crippen LogP contribution is -3.07. The maximum atomic E-state index is 13.2. The molecular formula is C27H26BCl2NO2. The number of halogens is 2. The Morgan fingerprint density at radius 3 is 1.52 bits per heavy atom. The van der Waals surface area contributed by atoms with Gasteiger partial charge < -0.3 is 9.88 Å². The van der Waals surface area contributed by atoms with E-state index in [2.05, 4.69) is 17.4 Å². The van der Waals surface area contributed by atoms with E-state index in [0.717, 1.165) is 10.9 Å². The van der Waals surface area contributed by atoms with Crippen LogP contribution in [0, 0.1) is 0 Å². The van der Waals surface area contributed by atoms with Gasteiger partial charge in [0.25, 0.3) is 5.97 Å². The second-order valence-electron chi connectivity index (χ2n) is 7.47. The molecule has 6 heteroatoms. The van der Waals surface area contributed by atoms with Crippen molar-refractivity contribution >= 4 is 46.6 Å². The van der Waals surface area contributed by atoms with Gasteiger partial charge in [0.2, 0.25) is 0 Å². The Labute approximate surface area is 205 Å². The molecule has 3 nitrogen and oxygen atoms in total. The summed E-state index contributed by atoms with van der Waals surface area (Å²) in [6.45, 7) is -1.20. The van der Waals surface area contributed by atoms with E-state index in [1.165, 1.54) is 5.56 Å². The van der Waals surface area contributed by atoms with Crippen LogP contribution in [0.15, 0.2) is 121 Å². The largest absolute Gasteiger partial charge is 0.628 e. The zero-order valence-corrected chi connectivity index (χ0v) is 19.7. The first-order chi connectivity index (χ1) is 16.2. The minimum absolute atomic E-state index is 0.194. The molecule has 0 aliphatic carbocycles. The average Bonchev–Trinajstić information content (AvgIpc) is 2.89. The Morgan fingerprint density at radius 2 is 1.06 bits per heavy atom. The van der Waals surface area contributed by atoms with Gasteiger partial charge in [-0.05, 0) is 12.1 Å². The zero-order valence-electron chi connectivity index (χ0n) is 18.2. The summed E-state index contributed by atoms with van der Waals surface area (Å²) in [6, 6.07) is 39.5. The molecule has 0 spiro atoms. The van der Waals surface area contributed by atoms with Crippen LogP contribution >= 0.6 is 23.2 Å². The fraction of sp³-hybridized carbons (Fsp3) is 0.0741. The van der Waals surface area contributed by atoms with Gasteiger partial charge in [0, 0.05) is 5.56 Å². The number of benzene rings is 4. The SMILES string of the molecule is ClCCl.O=C(O[B-]([NH2+]Cc1ccccc1)(c1ccccc1)c1ccccc1)c1ccccc1. The molecule has 0 aliphatic rings. The van der Waals surface area contributed by atoms with Crippen LogP contribution in [-0.2, 0) is 11.2 Å². The minimum atomic E-state index is -1.88. The van der Waals surface area contributed by atoms with Crippen molar-refractivity contribution < 1.29 is 14.7 Å². The van der Waals surface area contributed by atoms with Crippen molar-refractivity contribution in [2.75, 3.05) is 5.34 Å². The molecule has 0 amide bonds. The molecule has 168 valence electrons. The van der Waals surface area contributed by atoms with Crippen LogP contribution in [-0.4, -0.2) is 17.8 Å². The molecule has 4 rings (SSSR count). The van der Waals surface area contributed by atoms with Crippen molar-refractivity contribution in [1.82, 2.24) is 0 Å². The molecule has 0 radical (unpaired) electrons. The lowest BCUT2D eigenvalue weighted by Gasteiger charge is -2.38. The first-order valence-electron chi connectivity index (χ1n) is 10.7. The van der Waals surface area contributed by atoms with Crippen LogP contribution in [0.25, 0.3) is 0 Å². The summed E-state index contributed by atoms with van der Waals surface area (Å²) >= 11 is 9.53. The van der Waals surface area contributed by atoms with Gasteiger partial charge in [-0.25, -0.2) is 0 Å². The number of nitrogens with two attached hydrogens (primary N) is 1. The fourth-order valence-corrected chi connectivity index (χ4v) is 3.85. The first-order valence-corrected chi connectivity index (χ1v) is 11.8. The van der Waals surface area contributed by atoms with Crippen molar-refractivity contribution in [1.29, 1.82) is 0 Å². The Kier molecular flexibility index (Phi) is 9.58. The third-order valence-electron chi connectivity index (χ3n) is 5.42. The summed E-state index contributed by atoms with van der Waals surface area (Å²) in [7, 11) is 0. The Morgan fingerprint density at radius 1 is 0.667 bits per heavy atom. The molecular weight excluding hydrogens is 452 g/mol. The average molecular weight is 478 g/mol. The van der Waals surface area contributed by atoms with Crippen molar-refractivity contribution in [3.8, 4) is 0 Å². The molecule has 2 N–H and O–H groups in total. The topological polar surface area (TPSA) is 42.9 Å². The number of rotatable bonds is 7. The van der Waals surface area contributed by atoms with Crippen molar-refractivity contribution in [3.63, 3.8) is 0 Å². The summed E-state index contributed by atoms with van der Waals surface area (Å²) in [5, 5.41) is 2.35. The molecule has 0 saturated carbocycles. The summed E-state index contributed by atoms with van der Waals surface area (Å²) in [6.07, 6.45) is 0. The van der Waals surface area contributed by atoms with Gasteiger partial charge in [0.1, 0.15) is 0 Å². The van der Waals surface area contributed by atoms with E-state index in [1.807, 2.05) is 97.1 Å². The molecule has 33 heavy (non-hydrogen) atoms. The van der Waals surface area contributed by atoms with Gasteiger partial charge in [-0.3, -0.25) is 4.79 Å². The van der Waals surface area contributed by atoms with E-state index >= 15 is 0 Å². The summed E-state index contributed by atoms with van der Waals surface area (Å²) in [4.78, 5) is 13.2. The lowest BCUT2D eigenvalue weighted by atomic mass is 9.41. The fourth-order valence-electron chi connectivity index (χ4n) is 3.85. The highest BCUT2D eigenvalue weighted by Crippen LogP contribution is 2.08. The van der Waals surface area contributed by atoms with Crippen molar-refractivity contribution in [2.24, 2.45) is 0 Å². The summed E-state index contributed by atoms with van der Waals surface area (Å²) in [5.41, 5.74) is 3.67. The third-order valence-corrected chi connectivity index (χ3v) is 5.42. The van der Waals surface area contributed by atoms with Crippen molar-refractivity contribution in [3.05, 3.63) is 132 Å². The number of hydrogen-bond acceptors (Lipinski definition) is 2. The van der Waals surface area contributed by atoms with E-state index in [1.54, 1.807) is 12.1 Å². The molecule has 0 unspecified atom stereocenters. The molecule has 0 aromatic heterocycles. The second-order valence-corrected chi connectivity index (χ2v) is 8.28. The van der Waals surface area contributed by atoms with E-state index in [-0.39, 0.29) is 11.3 Å². The predicted molar refractivity (Wildman–Crippen MR) is 138 cm³/mol. The maximum Gasteiger partial charge on any atom is 0.441 e. The highest BCUT2D eigenvalue weighted by atomic mass is 35.5. The number of hydrogen-bond donors (Lipinski definition) is 1. The smallest absolute Gasteiger partial charge is 0.441 e. The van der Waals surface area contributed by atoms with E-state index in [9.17, 15) is 4.79 Å². The lowest BCUT2D eigenvalue weighted by molar-refractivity contribution is -0.555. The highest BCUT2D eigenvalue weighted by molar-refractivity contribution is 6.91. The monoisotopic (exact) mass is 477 g/mol. The molecule has 0 heterocycles. The number of carbonyl (C=O) groups is 1. The predicted octanol–water partition coefficient (Wildman–Crippen LogP) is 4.29. The van der Waals surface area contributed by atoms with Gasteiger partial charge in [0.15, 0.2) is 0 Å². The van der Waals surface area contributed by atoms with Gasteiger partial charge in [-0.15, -0.1) is 23.2 Å². The number of carbonyl (C=O) groups excluding carboxylic acids is 1. The molecule has 4 aromatic carbocycles. The van der Waals surface area contributed by atoms with E-state index in [4.69, 9.17) is 27.9 Å². The van der Waals surface area contributed by atoms with Crippen LogP contribution < -0.4 is 16.2 Å². The molecule has 0 fully saturated rings. The molecule has 0 saturated heterocycles. The maximum absolute atomic E-state index is 13.2. The highest BCUT2D eigenvalue weighted by Gasteiger charge is 2.40. The first kappa shape index (κ1) is 24.6. The second kappa shape index (κ2) is 12.9. The van der Waals surface area contributed by atoms with E-state index < -0.39 is 6.48 Å². The van der Waals surface area contributed by atoms with Gasteiger partial charge >= 0.3 is 6.48 Å². The van der Waals surface area contributed by atoms with Crippen LogP contribution in [0.2, 0.25) is 0 Å². The molecule has 4 aromatic rings. The molecule has 0 bridgehead atoms. The quantitative estimate of drug-likeness (QED) is 0.318. The van der Waals surface area contributed by atoms with Gasteiger partial charge in [0.05, 0.1) is 17.4 Å².